The van der Waals surface area contributed by atoms with Gasteiger partial charge in [0, 0.05) is 16.6 Å². The quantitative estimate of drug-likeness (QED) is 0.833. The van der Waals surface area contributed by atoms with Gasteiger partial charge in [0.15, 0.2) is 0 Å². The van der Waals surface area contributed by atoms with Gasteiger partial charge in [-0.1, -0.05) is 44.5 Å². The van der Waals surface area contributed by atoms with Gasteiger partial charge in [0.25, 0.3) is 0 Å². The molecule has 0 heterocycles. The lowest BCUT2D eigenvalue weighted by Gasteiger charge is -2.30. The topological polar surface area (TPSA) is 66.4 Å². The molecule has 0 aromatic heterocycles. The minimum Gasteiger partial charge on any atom is -0.465 e. The molecule has 0 spiro atoms. The van der Waals surface area contributed by atoms with E-state index in [9.17, 15) is 9.59 Å². The van der Waals surface area contributed by atoms with Crippen LogP contribution in [0, 0.1) is 5.41 Å². The molecule has 19 heavy (non-hydrogen) atoms. The van der Waals surface area contributed by atoms with E-state index in [0.717, 1.165) is 11.8 Å². The Bertz CT molecular complexity index is 480. The summed E-state index contributed by atoms with van der Waals surface area (Å²) < 4.78 is 0. The van der Waals surface area contributed by atoms with Gasteiger partial charge in [0.2, 0.25) is 0 Å². The molecule has 2 N–H and O–H groups in total. The average Bonchev–Trinajstić information content (AvgIpc) is 2.28. The SMILES string of the molecule is CC(C)(C)C(Cc1ccc(C=O)cc1Cl)NC(=O)O. The van der Waals surface area contributed by atoms with Gasteiger partial charge in [-0.15, -0.1) is 0 Å². The first-order chi connectivity index (χ1) is 8.74. The lowest BCUT2D eigenvalue weighted by atomic mass is 9.83. The van der Waals surface area contributed by atoms with Crippen molar-refractivity contribution >= 4 is 24.0 Å². The highest BCUT2D eigenvalue weighted by molar-refractivity contribution is 6.31. The van der Waals surface area contributed by atoms with Crippen LogP contribution < -0.4 is 5.32 Å². The van der Waals surface area contributed by atoms with E-state index in [1.165, 1.54) is 0 Å². The Morgan fingerprint density at radius 2 is 2.11 bits per heavy atom. The smallest absolute Gasteiger partial charge is 0.404 e. The average molecular weight is 284 g/mol. The third kappa shape index (κ3) is 4.56. The number of aldehydes is 1. The molecule has 4 nitrogen and oxygen atoms in total. The summed E-state index contributed by atoms with van der Waals surface area (Å²) in [4.78, 5) is 21.5. The number of rotatable bonds is 4. The van der Waals surface area contributed by atoms with Crippen molar-refractivity contribution in [1.29, 1.82) is 0 Å². The molecule has 0 aliphatic rings. The zero-order valence-corrected chi connectivity index (χ0v) is 12.0. The molecule has 1 aromatic rings. The molecule has 0 radical (unpaired) electrons. The number of hydrogen-bond acceptors (Lipinski definition) is 2. The first-order valence-corrected chi connectivity index (χ1v) is 6.35. The van der Waals surface area contributed by atoms with Crippen LogP contribution in [0.4, 0.5) is 4.79 Å². The Labute approximate surface area is 117 Å². The zero-order valence-electron chi connectivity index (χ0n) is 11.2. The first kappa shape index (κ1) is 15.5. The second-order valence-electron chi connectivity index (χ2n) is 5.54. The number of hydrogen-bond donors (Lipinski definition) is 2. The van der Waals surface area contributed by atoms with E-state index in [4.69, 9.17) is 16.7 Å². The maximum atomic E-state index is 10.8. The molecule has 0 bridgehead atoms. The van der Waals surface area contributed by atoms with E-state index in [0.29, 0.717) is 17.0 Å². The second-order valence-corrected chi connectivity index (χ2v) is 5.95. The van der Waals surface area contributed by atoms with Crippen molar-refractivity contribution in [2.45, 2.75) is 33.2 Å². The molecule has 1 amide bonds. The summed E-state index contributed by atoms with van der Waals surface area (Å²) >= 11 is 6.10. The van der Waals surface area contributed by atoms with Crippen LogP contribution >= 0.6 is 11.6 Å². The van der Waals surface area contributed by atoms with E-state index in [1.807, 2.05) is 20.8 Å². The van der Waals surface area contributed by atoms with Crippen molar-refractivity contribution in [3.05, 3.63) is 34.3 Å². The number of carbonyl (C=O) groups excluding carboxylic acids is 1. The molecule has 1 atom stereocenters. The molecule has 0 aliphatic carbocycles. The number of amides is 1. The largest absolute Gasteiger partial charge is 0.465 e. The zero-order chi connectivity index (χ0) is 14.6. The predicted molar refractivity (Wildman–Crippen MR) is 74.9 cm³/mol. The third-order valence-electron chi connectivity index (χ3n) is 2.98. The normalized spacial score (nSPS) is 12.8. The fourth-order valence-corrected chi connectivity index (χ4v) is 2.01. The number of nitrogens with one attached hydrogen (secondary N) is 1. The molecule has 1 aromatic carbocycles. The predicted octanol–water partition coefficient (Wildman–Crippen LogP) is 3.38. The number of carboxylic acid groups (broad SMARTS) is 1. The molecular weight excluding hydrogens is 266 g/mol. The molecule has 0 aliphatic heterocycles. The molecule has 1 unspecified atom stereocenters. The van der Waals surface area contributed by atoms with Gasteiger partial charge >= 0.3 is 6.09 Å². The summed E-state index contributed by atoms with van der Waals surface area (Å²) in [6, 6.07) is 4.76. The summed E-state index contributed by atoms with van der Waals surface area (Å²) in [6.45, 7) is 5.88. The number of benzene rings is 1. The van der Waals surface area contributed by atoms with E-state index in [1.54, 1.807) is 18.2 Å². The summed E-state index contributed by atoms with van der Waals surface area (Å²) in [6.07, 6.45) is 0.153. The van der Waals surface area contributed by atoms with Crippen molar-refractivity contribution in [3.8, 4) is 0 Å². The summed E-state index contributed by atoms with van der Waals surface area (Å²) in [5.74, 6) is 0. The van der Waals surface area contributed by atoms with Crippen LogP contribution in [0.5, 0.6) is 0 Å². The van der Waals surface area contributed by atoms with Crippen molar-refractivity contribution < 1.29 is 14.7 Å². The molecule has 0 saturated heterocycles. The second kappa shape index (κ2) is 6.06. The Morgan fingerprint density at radius 3 is 2.53 bits per heavy atom. The van der Waals surface area contributed by atoms with Crippen LogP contribution in [-0.2, 0) is 6.42 Å². The molecular formula is C14H18ClNO3. The maximum Gasteiger partial charge on any atom is 0.404 e. The van der Waals surface area contributed by atoms with E-state index < -0.39 is 6.09 Å². The molecule has 0 fully saturated rings. The van der Waals surface area contributed by atoms with Gasteiger partial charge in [-0.05, 0) is 23.5 Å². The maximum absolute atomic E-state index is 10.8. The fraction of sp³-hybridized carbons (Fsp3) is 0.429. The van der Waals surface area contributed by atoms with Gasteiger partial charge < -0.3 is 10.4 Å². The van der Waals surface area contributed by atoms with Crippen LogP contribution in [0.2, 0.25) is 5.02 Å². The lowest BCUT2D eigenvalue weighted by molar-refractivity contribution is 0.112. The van der Waals surface area contributed by atoms with Crippen LogP contribution in [-0.4, -0.2) is 23.5 Å². The summed E-state index contributed by atoms with van der Waals surface area (Å²) in [7, 11) is 0. The minimum absolute atomic E-state index is 0.231. The van der Waals surface area contributed by atoms with Crippen molar-refractivity contribution in [2.24, 2.45) is 5.41 Å². The van der Waals surface area contributed by atoms with E-state index in [-0.39, 0.29) is 11.5 Å². The number of carbonyl (C=O) groups is 2. The van der Waals surface area contributed by atoms with Gasteiger partial charge in [0.1, 0.15) is 6.29 Å². The van der Waals surface area contributed by atoms with Crippen molar-refractivity contribution in [1.82, 2.24) is 5.32 Å². The van der Waals surface area contributed by atoms with E-state index >= 15 is 0 Å². The standard InChI is InChI=1S/C14H18ClNO3/c1-14(2,3)12(16-13(18)19)7-10-5-4-9(8-17)6-11(10)15/h4-6,8,12,16H,7H2,1-3H3,(H,18,19). The van der Waals surface area contributed by atoms with Crippen LogP contribution in [0.25, 0.3) is 0 Å². The van der Waals surface area contributed by atoms with Gasteiger partial charge in [-0.25, -0.2) is 4.79 Å². The van der Waals surface area contributed by atoms with Crippen LogP contribution in [0.3, 0.4) is 0 Å². The number of halogens is 1. The van der Waals surface area contributed by atoms with Crippen LogP contribution in [0.15, 0.2) is 18.2 Å². The Kier molecular flexibility index (Phi) is 4.95. The van der Waals surface area contributed by atoms with Gasteiger partial charge in [-0.3, -0.25) is 4.79 Å². The van der Waals surface area contributed by atoms with Crippen LogP contribution in [0.1, 0.15) is 36.7 Å². The first-order valence-electron chi connectivity index (χ1n) is 5.97. The Hall–Kier alpha value is -1.55. The van der Waals surface area contributed by atoms with Gasteiger partial charge in [-0.2, -0.15) is 0 Å². The van der Waals surface area contributed by atoms with Gasteiger partial charge in [0.05, 0.1) is 0 Å². The van der Waals surface area contributed by atoms with Crippen molar-refractivity contribution in [3.63, 3.8) is 0 Å². The minimum atomic E-state index is -1.06. The summed E-state index contributed by atoms with van der Waals surface area (Å²) in [5, 5.41) is 11.9. The highest BCUT2D eigenvalue weighted by Gasteiger charge is 2.27. The molecule has 1 rings (SSSR count). The highest BCUT2D eigenvalue weighted by Crippen LogP contribution is 2.26. The molecule has 0 saturated carbocycles. The molecule has 104 valence electrons. The van der Waals surface area contributed by atoms with Crippen molar-refractivity contribution in [2.75, 3.05) is 0 Å². The third-order valence-corrected chi connectivity index (χ3v) is 3.33. The Morgan fingerprint density at radius 1 is 1.47 bits per heavy atom. The Balaban J connectivity index is 2.96. The monoisotopic (exact) mass is 283 g/mol. The fourth-order valence-electron chi connectivity index (χ4n) is 1.75. The molecule has 5 heteroatoms. The summed E-state index contributed by atoms with van der Waals surface area (Å²) in [5.41, 5.74) is 1.10. The lowest BCUT2D eigenvalue weighted by Crippen LogP contribution is -2.44. The van der Waals surface area contributed by atoms with E-state index in [2.05, 4.69) is 5.32 Å². The highest BCUT2D eigenvalue weighted by atomic mass is 35.5.